The van der Waals surface area contributed by atoms with Gasteiger partial charge in [-0.1, -0.05) is 20.3 Å². The van der Waals surface area contributed by atoms with Gasteiger partial charge in [0, 0.05) is 25.2 Å². The molecule has 0 radical (unpaired) electrons. The van der Waals surface area contributed by atoms with Crippen molar-refractivity contribution < 1.29 is 14.3 Å². The summed E-state index contributed by atoms with van der Waals surface area (Å²) in [6.45, 7) is 3.85. The molecule has 29 heavy (non-hydrogen) atoms. The lowest BCUT2D eigenvalue weighted by Gasteiger charge is -2.21. The number of carbonyl (C=O) groups excluding carboxylic acids is 2. The SMILES string of the molecule is CCC(C)C(NC(=O)Cc1csc(N=Nc2ccc(N(C)C)cc2)n1)C(=O)OC. The van der Waals surface area contributed by atoms with E-state index in [0.29, 0.717) is 10.8 Å². The summed E-state index contributed by atoms with van der Waals surface area (Å²) in [5.41, 5.74) is 2.38. The van der Waals surface area contributed by atoms with E-state index in [-0.39, 0.29) is 18.2 Å². The maximum Gasteiger partial charge on any atom is 0.328 e. The van der Waals surface area contributed by atoms with Crippen molar-refractivity contribution in [3.05, 3.63) is 35.3 Å². The lowest BCUT2D eigenvalue weighted by Crippen LogP contribution is -2.46. The van der Waals surface area contributed by atoms with Crippen molar-refractivity contribution in [2.45, 2.75) is 32.7 Å². The molecule has 0 fully saturated rings. The van der Waals surface area contributed by atoms with E-state index < -0.39 is 12.0 Å². The molecule has 1 N–H and O–H groups in total. The predicted molar refractivity (Wildman–Crippen MR) is 114 cm³/mol. The Morgan fingerprint density at radius 2 is 1.93 bits per heavy atom. The standard InChI is InChI=1S/C20H27N5O3S/c1-6-13(2)18(19(27)28-5)22-17(26)11-15-12-29-20(21-15)24-23-14-7-9-16(10-8-14)25(3)4/h7-10,12-13,18H,6,11H2,1-5H3,(H,22,26). The zero-order valence-electron chi connectivity index (χ0n) is 17.4. The van der Waals surface area contributed by atoms with Crippen molar-refractivity contribution in [1.29, 1.82) is 0 Å². The maximum atomic E-state index is 12.3. The molecule has 1 aromatic carbocycles. The fourth-order valence-corrected chi connectivity index (χ4v) is 3.16. The molecule has 1 amide bonds. The number of anilines is 1. The summed E-state index contributed by atoms with van der Waals surface area (Å²) < 4.78 is 4.79. The number of amides is 1. The summed E-state index contributed by atoms with van der Waals surface area (Å²) in [4.78, 5) is 30.6. The van der Waals surface area contributed by atoms with E-state index in [4.69, 9.17) is 4.74 Å². The summed E-state index contributed by atoms with van der Waals surface area (Å²) in [5, 5.41) is 13.3. The zero-order valence-corrected chi connectivity index (χ0v) is 18.2. The second-order valence-corrected chi connectivity index (χ2v) is 7.70. The molecular weight excluding hydrogens is 390 g/mol. The van der Waals surface area contributed by atoms with Crippen LogP contribution in [0.5, 0.6) is 0 Å². The number of nitrogens with zero attached hydrogens (tertiary/aromatic N) is 4. The average Bonchev–Trinajstić information content (AvgIpc) is 3.16. The molecule has 0 aliphatic rings. The van der Waals surface area contributed by atoms with Gasteiger partial charge in [-0.05, 0) is 30.2 Å². The largest absolute Gasteiger partial charge is 0.467 e. The van der Waals surface area contributed by atoms with Gasteiger partial charge in [-0.25, -0.2) is 9.78 Å². The van der Waals surface area contributed by atoms with Gasteiger partial charge in [0.25, 0.3) is 0 Å². The van der Waals surface area contributed by atoms with E-state index in [1.54, 1.807) is 5.38 Å². The van der Waals surface area contributed by atoms with Crippen molar-refractivity contribution in [3.63, 3.8) is 0 Å². The van der Waals surface area contributed by atoms with Crippen LogP contribution in [0.2, 0.25) is 0 Å². The van der Waals surface area contributed by atoms with Crippen LogP contribution in [0.15, 0.2) is 39.9 Å². The lowest BCUT2D eigenvalue weighted by atomic mass is 9.99. The fraction of sp³-hybridized carbons (Fsp3) is 0.450. The van der Waals surface area contributed by atoms with Gasteiger partial charge in [0.05, 0.1) is 24.9 Å². The number of nitrogens with one attached hydrogen (secondary N) is 1. The van der Waals surface area contributed by atoms with E-state index in [0.717, 1.165) is 17.8 Å². The van der Waals surface area contributed by atoms with Gasteiger partial charge in [0.2, 0.25) is 11.0 Å². The van der Waals surface area contributed by atoms with E-state index in [1.165, 1.54) is 18.4 Å². The van der Waals surface area contributed by atoms with Gasteiger partial charge in [-0.2, -0.15) is 0 Å². The molecule has 2 rings (SSSR count). The van der Waals surface area contributed by atoms with Crippen molar-refractivity contribution >= 4 is 39.7 Å². The first kappa shape index (κ1) is 22.5. The molecular formula is C20H27N5O3S. The van der Waals surface area contributed by atoms with Crippen LogP contribution in [0.4, 0.5) is 16.5 Å². The Bertz CT molecular complexity index is 848. The van der Waals surface area contributed by atoms with Gasteiger partial charge in [0.1, 0.15) is 6.04 Å². The first-order chi connectivity index (χ1) is 13.8. The molecule has 0 saturated heterocycles. The molecule has 0 aliphatic carbocycles. The van der Waals surface area contributed by atoms with E-state index in [1.807, 2.05) is 57.1 Å². The van der Waals surface area contributed by atoms with Crippen LogP contribution in [-0.2, 0) is 20.7 Å². The highest BCUT2D eigenvalue weighted by Crippen LogP contribution is 2.24. The summed E-state index contributed by atoms with van der Waals surface area (Å²) in [6.07, 6.45) is 0.810. The molecule has 2 aromatic rings. The quantitative estimate of drug-likeness (QED) is 0.493. The topological polar surface area (TPSA) is 96.3 Å². The number of carbonyl (C=O) groups is 2. The van der Waals surface area contributed by atoms with E-state index >= 15 is 0 Å². The summed E-state index contributed by atoms with van der Waals surface area (Å²) in [6, 6.07) is 7.01. The number of benzene rings is 1. The van der Waals surface area contributed by atoms with E-state index in [2.05, 4.69) is 20.5 Å². The van der Waals surface area contributed by atoms with Gasteiger partial charge < -0.3 is 15.0 Å². The van der Waals surface area contributed by atoms with Crippen LogP contribution in [0.1, 0.15) is 26.0 Å². The molecule has 1 heterocycles. The van der Waals surface area contributed by atoms with Crippen LogP contribution in [0.3, 0.4) is 0 Å². The highest BCUT2D eigenvalue weighted by atomic mass is 32.1. The number of rotatable bonds is 9. The smallest absolute Gasteiger partial charge is 0.328 e. The maximum absolute atomic E-state index is 12.3. The minimum absolute atomic E-state index is 0.0231. The molecule has 0 aliphatic heterocycles. The van der Waals surface area contributed by atoms with Crippen LogP contribution in [-0.4, -0.2) is 44.1 Å². The second kappa shape index (κ2) is 10.7. The number of esters is 1. The summed E-state index contributed by atoms with van der Waals surface area (Å²) in [5.74, 6) is -0.750. The number of ether oxygens (including phenoxy) is 1. The predicted octanol–water partition coefficient (Wildman–Crippen LogP) is 3.87. The Kier molecular flexibility index (Phi) is 8.26. The van der Waals surface area contributed by atoms with Crippen molar-refractivity contribution in [2.75, 3.05) is 26.1 Å². The van der Waals surface area contributed by atoms with Crippen LogP contribution in [0.25, 0.3) is 0 Å². The summed E-state index contributed by atoms with van der Waals surface area (Å²) in [7, 11) is 5.26. The molecule has 156 valence electrons. The Morgan fingerprint density at radius 1 is 1.24 bits per heavy atom. The third-order valence-electron chi connectivity index (χ3n) is 4.48. The molecule has 2 atom stereocenters. The highest BCUT2D eigenvalue weighted by molar-refractivity contribution is 7.13. The van der Waals surface area contributed by atoms with Gasteiger partial charge in [0.15, 0.2) is 0 Å². The van der Waals surface area contributed by atoms with Crippen molar-refractivity contribution in [3.8, 4) is 0 Å². The molecule has 2 unspecified atom stereocenters. The van der Waals surface area contributed by atoms with Gasteiger partial charge in [-0.15, -0.1) is 21.6 Å². The van der Waals surface area contributed by atoms with Crippen LogP contribution in [0, 0.1) is 5.92 Å². The van der Waals surface area contributed by atoms with Crippen LogP contribution < -0.4 is 10.2 Å². The van der Waals surface area contributed by atoms with Crippen LogP contribution >= 0.6 is 11.3 Å². The number of hydrogen-bond acceptors (Lipinski definition) is 8. The summed E-state index contributed by atoms with van der Waals surface area (Å²) >= 11 is 1.31. The first-order valence-corrected chi connectivity index (χ1v) is 10.2. The Balaban J connectivity index is 1.96. The molecule has 9 heteroatoms. The Morgan fingerprint density at radius 3 is 2.52 bits per heavy atom. The van der Waals surface area contributed by atoms with E-state index in [9.17, 15) is 9.59 Å². The third kappa shape index (κ3) is 6.63. The Labute approximate surface area is 175 Å². The monoisotopic (exact) mass is 417 g/mol. The molecule has 0 bridgehead atoms. The lowest BCUT2D eigenvalue weighted by molar-refractivity contribution is -0.146. The number of azo groups is 1. The molecule has 1 aromatic heterocycles. The number of thiazole rings is 1. The average molecular weight is 418 g/mol. The number of hydrogen-bond donors (Lipinski definition) is 1. The highest BCUT2D eigenvalue weighted by Gasteiger charge is 2.26. The minimum Gasteiger partial charge on any atom is -0.467 e. The fourth-order valence-electron chi connectivity index (χ4n) is 2.53. The zero-order chi connectivity index (χ0) is 21.4. The van der Waals surface area contributed by atoms with Crippen molar-refractivity contribution in [1.82, 2.24) is 10.3 Å². The van der Waals surface area contributed by atoms with Gasteiger partial charge in [-0.3, -0.25) is 4.79 Å². The number of methoxy groups -OCH3 is 1. The second-order valence-electron chi connectivity index (χ2n) is 6.86. The minimum atomic E-state index is -0.666. The molecule has 8 nitrogen and oxygen atoms in total. The molecule has 0 saturated carbocycles. The van der Waals surface area contributed by atoms with Gasteiger partial charge >= 0.3 is 5.97 Å². The van der Waals surface area contributed by atoms with Crippen molar-refractivity contribution in [2.24, 2.45) is 16.1 Å². The number of aromatic nitrogens is 1. The Hall–Kier alpha value is -2.81. The normalized spacial score (nSPS) is 13.1. The molecule has 0 spiro atoms. The third-order valence-corrected chi connectivity index (χ3v) is 5.26. The first-order valence-electron chi connectivity index (χ1n) is 9.34.